The number of carbonyl (C=O) groups excluding carboxylic acids is 1. The largest absolute Gasteiger partial charge is 0.340 e. The summed E-state index contributed by atoms with van der Waals surface area (Å²) in [5, 5.41) is 4.44. The lowest BCUT2D eigenvalue weighted by molar-refractivity contribution is -0.135. The Hall–Kier alpha value is -0.650. The number of aryl methyl sites for hydroxylation is 1. The van der Waals surface area contributed by atoms with Crippen LogP contribution < -0.4 is 5.32 Å². The van der Waals surface area contributed by atoms with Crippen LogP contribution >= 0.6 is 23.7 Å². The van der Waals surface area contributed by atoms with Crippen LogP contribution in [-0.2, 0) is 11.3 Å². The Labute approximate surface area is 125 Å². The lowest BCUT2D eigenvalue weighted by Crippen LogP contribution is -2.42. The number of carbonyl (C=O) groups is 1. The van der Waals surface area contributed by atoms with Gasteiger partial charge in [0.25, 0.3) is 0 Å². The van der Waals surface area contributed by atoms with Gasteiger partial charge in [-0.2, -0.15) is 0 Å². The third-order valence-corrected chi connectivity index (χ3v) is 4.31. The quantitative estimate of drug-likeness (QED) is 0.931. The van der Waals surface area contributed by atoms with Crippen LogP contribution in [0.5, 0.6) is 0 Å². The van der Waals surface area contributed by atoms with E-state index in [1.165, 1.54) is 0 Å². The smallest absolute Gasteiger partial charge is 0.225 e. The molecule has 0 saturated carbocycles. The fraction of sp³-hybridized carbons (Fsp3) is 0.692. The molecule has 1 aromatic rings. The second-order valence-electron chi connectivity index (χ2n) is 5.12. The zero-order chi connectivity index (χ0) is 13.1. The van der Waals surface area contributed by atoms with E-state index in [4.69, 9.17) is 0 Å². The summed E-state index contributed by atoms with van der Waals surface area (Å²) in [6, 6.07) is 0.451. The molecule has 0 bridgehead atoms. The van der Waals surface area contributed by atoms with Crippen molar-refractivity contribution < 1.29 is 4.79 Å². The number of hydrogen-bond donors (Lipinski definition) is 1. The summed E-state index contributed by atoms with van der Waals surface area (Å²) in [5.74, 6) is 0.453. The molecule has 4 nitrogen and oxygen atoms in total. The van der Waals surface area contributed by atoms with E-state index >= 15 is 0 Å². The number of nitrogens with zero attached hydrogens (tertiary/aromatic N) is 2. The first-order chi connectivity index (χ1) is 8.56. The van der Waals surface area contributed by atoms with Gasteiger partial charge in [-0.15, -0.1) is 23.7 Å². The van der Waals surface area contributed by atoms with Gasteiger partial charge >= 0.3 is 0 Å². The van der Waals surface area contributed by atoms with Gasteiger partial charge in [-0.3, -0.25) is 4.79 Å². The maximum atomic E-state index is 12.3. The molecule has 1 amide bonds. The standard InChI is InChI=1S/C13H21N3OS.ClH/c1-9-6-11(4-5-14-9)13(17)16(3)8-12-7-15-10(2)18-12;/h7,9,11,14H,4-6,8H2,1-3H3;1H/t9-,11-;/m0./s1. The molecule has 1 aliphatic rings. The molecule has 0 spiro atoms. The highest BCUT2D eigenvalue weighted by Gasteiger charge is 2.27. The van der Waals surface area contributed by atoms with Crippen molar-refractivity contribution in [2.24, 2.45) is 5.92 Å². The SMILES string of the molecule is Cc1ncc(CN(C)C(=O)[C@H]2CCN[C@@H](C)C2)s1.Cl. The first-order valence-corrected chi connectivity index (χ1v) is 7.27. The number of amides is 1. The van der Waals surface area contributed by atoms with Gasteiger partial charge in [-0.05, 0) is 33.2 Å². The average molecular weight is 304 g/mol. The molecule has 1 N–H and O–H groups in total. The molecule has 6 heteroatoms. The average Bonchev–Trinajstić information content (AvgIpc) is 2.73. The Morgan fingerprint density at radius 3 is 2.95 bits per heavy atom. The number of thiazole rings is 1. The summed E-state index contributed by atoms with van der Waals surface area (Å²) in [4.78, 5) is 19.6. The topological polar surface area (TPSA) is 45.2 Å². The van der Waals surface area contributed by atoms with Gasteiger partial charge in [0.1, 0.15) is 0 Å². The van der Waals surface area contributed by atoms with Crippen LogP contribution in [0.3, 0.4) is 0 Å². The second kappa shape index (κ2) is 7.22. The van der Waals surface area contributed by atoms with Gasteiger partial charge in [0.2, 0.25) is 5.91 Å². The van der Waals surface area contributed by atoms with Crippen molar-refractivity contribution in [3.05, 3.63) is 16.1 Å². The van der Waals surface area contributed by atoms with Crippen molar-refractivity contribution in [1.29, 1.82) is 0 Å². The summed E-state index contributed by atoms with van der Waals surface area (Å²) in [7, 11) is 1.89. The highest BCUT2D eigenvalue weighted by atomic mass is 35.5. The van der Waals surface area contributed by atoms with Crippen molar-refractivity contribution in [3.8, 4) is 0 Å². The minimum Gasteiger partial charge on any atom is -0.340 e. The van der Waals surface area contributed by atoms with E-state index in [0.29, 0.717) is 12.6 Å². The molecule has 108 valence electrons. The molecule has 1 aliphatic heterocycles. The summed E-state index contributed by atoms with van der Waals surface area (Å²) in [6.45, 7) is 5.77. The Kier molecular flexibility index (Phi) is 6.23. The molecule has 0 aliphatic carbocycles. The second-order valence-corrected chi connectivity index (χ2v) is 6.44. The number of nitrogens with one attached hydrogen (secondary N) is 1. The molecule has 1 aromatic heterocycles. The number of halogens is 1. The molecule has 1 fully saturated rings. The van der Waals surface area contributed by atoms with E-state index < -0.39 is 0 Å². The first-order valence-electron chi connectivity index (χ1n) is 6.46. The summed E-state index contributed by atoms with van der Waals surface area (Å²) in [5.41, 5.74) is 0. The Bertz CT molecular complexity index is 424. The molecular formula is C13H22ClN3OS. The molecule has 1 saturated heterocycles. The molecular weight excluding hydrogens is 282 g/mol. The van der Waals surface area contributed by atoms with E-state index in [9.17, 15) is 4.79 Å². The van der Waals surface area contributed by atoms with Crippen LogP contribution in [0.2, 0.25) is 0 Å². The van der Waals surface area contributed by atoms with Crippen molar-refractivity contribution in [3.63, 3.8) is 0 Å². The van der Waals surface area contributed by atoms with E-state index in [2.05, 4.69) is 17.2 Å². The maximum absolute atomic E-state index is 12.3. The van der Waals surface area contributed by atoms with E-state index in [1.807, 2.05) is 25.1 Å². The van der Waals surface area contributed by atoms with Crippen LogP contribution in [0.15, 0.2) is 6.20 Å². The minimum atomic E-state index is 0. The number of hydrogen-bond acceptors (Lipinski definition) is 4. The summed E-state index contributed by atoms with van der Waals surface area (Å²) < 4.78 is 0. The van der Waals surface area contributed by atoms with Crippen LogP contribution in [0.4, 0.5) is 0 Å². The maximum Gasteiger partial charge on any atom is 0.225 e. The van der Waals surface area contributed by atoms with Crippen molar-refractivity contribution in [2.75, 3.05) is 13.6 Å². The highest BCUT2D eigenvalue weighted by Crippen LogP contribution is 2.20. The summed E-state index contributed by atoms with van der Waals surface area (Å²) in [6.07, 6.45) is 3.77. The van der Waals surface area contributed by atoms with Crippen LogP contribution in [-0.4, -0.2) is 35.4 Å². The molecule has 2 rings (SSSR count). The van der Waals surface area contributed by atoms with Gasteiger partial charge in [0, 0.05) is 30.1 Å². The lowest BCUT2D eigenvalue weighted by Gasteiger charge is -2.30. The van der Waals surface area contributed by atoms with Gasteiger partial charge in [-0.1, -0.05) is 0 Å². The normalized spacial score (nSPS) is 22.7. The Balaban J connectivity index is 0.00000180. The molecule has 19 heavy (non-hydrogen) atoms. The molecule has 2 heterocycles. The fourth-order valence-electron chi connectivity index (χ4n) is 2.46. The van der Waals surface area contributed by atoms with Gasteiger partial charge < -0.3 is 10.2 Å². The van der Waals surface area contributed by atoms with Crippen molar-refractivity contribution >= 4 is 29.7 Å². The summed E-state index contributed by atoms with van der Waals surface area (Å²) >= 11 is 1.66. The number of piperidine rings is 1. The molecule has 0 unspecified atom stereocenters. The zero-order valence-electron chi connectivity index (χ0n) is 11.7. The van der Waals surface area contributed by atoms with Gasteiger partial charge in [-0.25, -0.2) is 4.98 Å². The van der Waals surface area contributed by atoms with Crippen LogP contribution in [0.1, 0.15) is 29.7 Å². The van der Waals surface area contributed by atoms with Gasteiger partial charge in [0.15, 0.2) is 0 Å². The molecule has 0 radical (unpaired) electrons. The molecule has 2 atom stereocenters. The Morgan fingerprint density at radius 2 is 2.37 bits per heavy atom. The first kappa shape index (κ1) is 16.4. The zero-order valence-corrected chi connectivity index (χ0v) is 13.3. The number of rotatable bonds is 3. The predicted molar refractivity (Wildman–Crippen MR) is 80.8 cm³/mol. The third-order valence-electron chi connectivity index (χ3n) is 3.41. The monoisotopic (exact) mass is 303 g/mol. The van der Waals surface area contributed by atoms with E-state index in [-0.39, 0.29) is 24.2 Å². The fourth-order valence-corrected chi connectivity index (χ4v) is 3.31. The van der Waals surface area contributed by atoms with Crippen molar-refractivity contribution in [1.82, 2.24) is 15.2 Å². The lowest BCUT2D eigenvalue weighted by atomic mass is 9.92. The van der Waals surface area contributed by atoms with E-state index in [1.54, 1.807) is 11.3 Å². The van der Waals surface area contributed by atoms with Crippen LogP contribution in [0.25, 0.3) is 0 Å². The third kappa shape index (κ3) is 4.44. The minimum absolute atomic E-state index is 0. The van der Waals surface area contributed by atoms with Crippen LogP contribution in [0, 0.1) is 12.8 Å². The number of aromatic nitrogens is 1. The Morgan fingerprint density at radius 1 is 1.63 bits per heavy atom. The predicted octanol–water partition coefficient (Wildman–Crippen LogP) is 2.22. The van der Waals surface area contributed by atoms with Crippen molar-refractivity contribution in [2.45, 2.75) is 39.3 Å². The highest BCUT2D eigenvalue weighted by molar-refractivity contribution is 7.11. The van der Waals surface area contributed by atoms with E-state index in [0.717, 1.165) is 29.3 Å². The van der Waals surface area contributed by atoms with Gasteiger partial charge in [0.05, 0.1) is 11.6 Å². The molecule has 0 aromatic carbocycles.